The van der Waals surface area contributed by atoms with E-state index in [1.165, 1.54) is 22.9 Å². The second-order valence-electron chi connectivity index (χ2n) is 7.10. The Bertz CT molecular complexity index is 897. The van der Waals surface area contributed by atoms with Crippen molar-refractivity contribution in [2.24, 2.45) is 11.8 Å². The largest absolute Gasteiger partial charge is 0.333 e. The summed E-state index contributed by atoms with van der Waals surface area (Å²) in [5, 5.41) is 7.52. The Labute approximate surface area is 150 Å². The van der Waals surface area contributed by atoms with Crippen molar-refractivity contribution in [1.29, 1.82) is 0 Å². The smallest absolute Gasteiger partial charge is 0.267 e. The molecule has 2 saturated heterocycles. The molecule has 0 spiro atoms. The first-order valence-electron chi connectivity index (χ1n) is 8.83. The fourth-order valence-electron chi connectivity index (χ4n) is 4.18. The first-order chi connectivity index (χ1) is 12.5. The Morgan fingerprint density at radius 3 is 2.96 bits per heavy atom. The van der Waals surface area contributed by atoms with Gasteiger partial charge in [-0.2, -0.15) is 5.10 Å². The van der Waals surface area contributed by atoms with E-state index in [9.17, 15) is 14.0 Å². The summed E-state index contributed by atoms with van der Waals surface area (Å²) in [6.07, 6.45) is 0. The second-order valence-corrected chi connectivity index (χ2v) is 7.10. The highest BCUT2D eigenvalue weighted by Gasteiger charge is 2.46. The maximum absolute atomic E-state index is 13.8. The third kappa shape index (κ3) is 3.03. The minimum Gasteiger partial charge on any atom is -0.333 e. The summed E-state index contributed by atoms with van der Waals surface area (Å²) < 4.78 is 15.0. The molecule has 0 saturated carbocycles. The average Bonchev–Trinajstić information content (AvgIpc) is 3.19. The quantitative estimate of drug-likeness (QED) is 0.895. The first kappa shape index (κ1) is 16.9. The maximum atomic E-state index is 13.8. The van der Waals surface area contributed by atoms with E-state index in [0.29, 0.717) is 18.2 Å². The normalized spacial score (nSPS) is 24.7. The molecule has 0 unspecified atom stereocenters. The SMILES string of the molecule is Cc1ccc(=O)n(CC(=O)N2C[C@@H]3CNC[C@@H]3[C@H]2c2cccc(F)c2)n1. The number of hydrogen-bond acceptors (Lipinski definition) is 4. The van der Waals surface area contributed by atoms with Crippen LogP contribution in [0.4, 0.5) is 4.39 Å². The molecule has 3 heterocycles. The van der Waals surface area contributed by atoms with Gasteiger partial charge in [0.1, 0.15) is 12.4 Å². The zero-order valence-electron chi connectivity index (χ0n) is 14.6. The molecule has 1 aromatic carbocycles. The van der Waals surface area contributed by atoms with Gasteiger partial charge in [0.15, 0.2) is 0 Å². The van der Waals surface area contributed by atoms with Crippen LogP contribution in [0.1, 0.15) is 17.3 Å². The minimum absolute atomic E-state index is 0.0980. The van der Waals surface area contributed by atoms with Gasteiger partial charge in [0.05, 0.1) is 11.7 Å². The van der Waals surface area contributed by atoms with Crippen molar-refractivity contribution in [3.8, 4) is 0 Å². The van der Waals surface area contributed by atoms with Crippen LogP contribution in [0, 0.1) is 24.6 Å². The van der Waals surface area contributed by atoms with Crippen LogP contribution >= 0.6 is 0 Å². The minimum atomic E-state index is -0.305. The van der Waals surface area contributed by atoms with Gasteiger partial charge >= 0.3 is 0 Å². The number of amides is 1. The lowest BCUT2D eigenvalue weighted by Crippen LogP contribution is -2.39. The Balaban J connectivity index is 1.64. The standard InChI is InChI=1S/C19H21FN4O2/c1-12-5-6-17(25)24(22-12)11-18(26)23-10-14-8-21-9-16(14)19(23)13-3-2-4-15(20)7-13/h2-7,14,16,19,21H,8-11H2,1H3/t14-,16-,19+/m0/s1. The van der Waals surface area contributed by atoms with Gasteiger partial charge in [-0.15, -0.1) is 0 Å². The van der Waals surface area contributed by atoms with Crippen molar-refractivity contribution < 1.29 is 9.18 Å². The number of rotatable bonds is 3. The number of halogens is 1. The molecule has 1 aromatic heterocycles. The molecular formula is C19H21FN4O2. The molecule has 26 heavy (non-hydrogen) atoms. The summed E-state index contributed by atoms with van der Waals surface area (Å²) in [4.78, 5) is 26.8. The van der Waals surface area contributed by atoms with Crippen molar-refractivity contribution >= 4 is 5.91 Å². The number of aromatic nitrogens is 2. The zero-order valence-corrected chi connectivity index (χ0v) is 14.6. The maximum Gasteiger partial charge on any atom is 0.267 e. The molecule has 1 amide bonds. The Hall–Kier alpha value is -2.54. The molecule has 6 nitrogen and oxygen atoms in total. The molecular weight excluding hydrogens is 335 g/mol. The predicted octanol–water partition coefficient (Wildman–Crippen LogP) is 1.11. The number of carbonyl (C=O) groups is 1. The summed E-state index contributed by atoms with van der Waals surface area (Å²) in [7, 11) is 0. The summed E-state index contributed by atoms with van der Waals surface area (Å²) in [5.74, 6) is 0.132. The van der Waals surface area contributed by atoms with E-state index in [1.54, 1.807) is 24.0 Å². The molecule has 136 valence electrons. The number of aryl methyl sites for hydroxylation is 1. The molecule has 0 radical (unpaired) electrons. The lowest BCUT2D eigenvalue weighted by molar-refractivity contribution is -0.133. The van der Waals surface area contributed by atoms with Crippen molar-refractivity contribution in [3.05, 3.63) is 63.8 Å². The van der Waals surface area contributed by atoms with E-state index in [2.05, 4.69) is 10.4 Å². The van der Waals surface area contributed by atoms with Crippen LogP contribution in [0.5, 0.6) is 0 Å². The van der Waals surface area contributed by atoms with Crippen LogP contribution in [0.3, 0.4) is 0 Å². The van der Waals surface area contributed by atoms with E-state index in [0.717, 1.165) is 18.7 Å². The molecule has 4 rings (SSSR count). The predicted molar refractivity (Wildman–Crippen MR) is 93.9 cm³/mol. The van der Waals surface area contributed by atoms with Crippen LogP contribution in [0.2, 0.25) is 0 Å². The van der Waals surface area contributed by atoms with E-state index >= 15 is 0 Å². The summed E-state index contributed by atoms with van der Waals surface area (Å²) in [5.41, 5.74) is 1.19. The van der Waals surface area contributed by atoms with Crippen LogP contribution in [0.25, 0.3) is 0 Å². The molecule has 7 heteroatoms. The number of nitrogens with zero attached hydrogens (tertiary/aromatic N) is 3. The summed E-state index contributed by atoms with van der Waals surface area (Å²) in [6, 6.07) is 9.32. The van der Waals surface area contributed by atoms with E-state index < -0.39 is 0 Å². The van der Waals surface area contributed by atoms with Crippen LogP contribution in [-0.2, 0) is 11.3 Å². The van der Waals surface area contributed by atoms with Crippen LogP contribution in [-0.4, -0.2) is 40.2 Å². The van der Waals surface area contributed by atoms with Crippen molar-refractivity contribution in [2.75, 3.05) is 19.6 Å². The Morgan fingerprint density at radius 2 is 2.15 bits per heavy atom. The summed E-state index contributed by atoms with van der Waals surface area (Å²) in [6.45, 7) is 3.94. The van der Waals surface area contributed by atoms with Gasteiger partial charge < -0.3 is 10.2 Å². The zero-order chi connectivity index (χ0) is 18.3. The fraction of sp³-hybridized carbons (Fsp3) is 0.421. The number of likely N-dealkylation sites (tertiary alicyclic amines) is 1. The van der Waals surface area contributed by atoms with Gasteiger partial charge in [-0.1, -0.05) is 12.1 Å². The molecule has 0 aliphatic carbocycles. The highest BCUT2D eigenvalue weighted by Crippen LogP contribution is 2.42. The molecule has 2 aliphatic rings. The molecule has 0 bridgehead atoms. The number of hydrogen-bond donors (Lipinski definition) is 1. The molecule has 2 fully saturated rings. The number of benzene rings is 1. The van der Waals surface area contributed by atoms with Gasteiger partial charge in [0.2, 0.25) is 5.91 Å². The topological polar surface area (TPSA) is 67.2 Å². The average molecular weight is 356 g/mol. The highest BCUT2D eigenvalue weighted by molar-refractivity contribution is 5.77. The van der Waals surface area contributed by atoms with Crippen molar-refractivity contribution in [3.63, 3.8) is 0 Å². The molecule has 3 atom stereocenters. The van der Waals surface area contributed by atoms with E-state index in [4.69, 9.17) is 0 Å². The molecule has 2 aromatic rings. The van der Waals surface area contributed by atoms with Gasteiger partial charge in [0, 0.05) is 31.6 Å². The third-order valence-electron chi connectivity index (χ3n) is 5.36. The molecule has 2 aliphatic heterocycles. The third-order valence-corrected chi connectivity index (χ3v) is 5.36. The number of carbonyl (C=O) groups excluding carboxylic acids is 1. The van der Waals surface area contributed by atoms with Crippen molar-refractivity contribution in [2.45, 2.75) is 19.5 Å². The van der Waals surface area contributed by atoms with Crippen LogP contribution in [0.15, 0.2) is 41.2 Å². The Kier molecular flexibility index (Phi) is 4.32. The fourth-order valence-corrected chi connectivity index (χ4v) is 4.18. The summed E-state index contributed by atoms with van der Waals surface area (Å²) >= 11 is 0. The van der Waals surface area contributed by atoms with E-state index in [-0.39, 0.29) is 35.8 Å². The van der Waals surface area contributed by atoms with Gasteiger partial charge in [-0.05, 0) is 36.6 Å². The van der Waals surface area contributed by atoms with Gasteiger partial charge in [0.25, 0.3) is 5.56 Å². The van der Waals surface area contributed by atoms with Gasteiger partial charge in [-0.25, -0.2) is 9.07 Å². The lowest BCUT2D eigenvalue weighted by atomic mass is 9.89. The lowest BCUT2D eigenvalue weighted by Gasteiger charge is -2.28. The second kappa shape index (κ2) is 6.64. The number of fused-ring (bicyclic) bond motifs is 1. The van der Waals surface area contributed by atoms with Crippen molar-refractivity contribution in [1.82, 2.24) is 20.0 Å². The van der Waals surface area contributed by atoms with Gasteiger partial charge in [-0.3, -0.25) is 9.59 Å². The van der Waals surface area contributed by atoms with Crippen LogP contribution < -0.4 is 10.9 Å². The first-order valence-corrected chi connectivity index (χ1v) is 8.83. The van der Waals surface area contributed by atoms with E-state index in [1.807, 2.05) is 6.07 Å². The molecule has 1 N–H and O–H groups in total. The Morgan fingerprint density at radius 1 is 1.31 bits per heavy atom. The monoisotopic (exact) mass is 356 g/mol. The highest BCUT2D eigenvalue weighted by atomic mass is 19.1. The number of nitrogens with one attached hydrogen (secondary N) is 1.